The van der Waals surface area contributed by atoms with E-state index in [9.17, 15) is 0 Å². The van der Waals surface area contributed by atoms with Crippen LogP contribution < -0.4 is 0 Å². The molecule has 0 N–H and O–H groups in total. The molecule has 0 amide bonds. The van der Waals surface area contributed by atoms with Crippen molar-refractivity contribution in [2.75, 3.05) is 17.3 Å². The predicted molar refractivity (Wildman–Crippen MR) is 103 cm³/mol. The zero-order valence-electron chi connectivity index (χ0n) is 9.99. The molecule has 0 bridgehead atoms. The van der Waals surface area contributed by atoms with E-state index in [-0.39, 0.29) is 0 Å². The van der Waals surface area contributed by atoms with Crippen LogP contribution in [0.2, 0.25) is 0 Å². The summed E-state index contributed by atoms with van der Waals surface area (Å²) in [6.45, 7) is 0. The summed E-state index contributed by atoms with van der Waals surface area (Å²) in [5.74, 6) is 4.23. The van der Waals surface area contributed by atoms with E-state index in [0.717, 1.165) is 12.4 Å². The predicted octanol–water partition coefficient (Wildman–Crippen LogP) is 5.60. The molecule has 0 saturated carbocycles. The van der Waals surface area contributed by atoms with E-state index in [0.29, 0.717) is 0 Å². The molecule has 104 valence electrons. The van der Waals surface area contributed by atoms with Crippen LogP contribution in [0, 0.1) is 0 Å². The Hall–Kier alpha value is 3.27. The van der Waals surface area contributed by atoms with Crippen molar-refractivity contribution in [3.05, 3.63) is 0 Å². The van der Waals surface area contributed by atoms with Crippen LogP contribution in [0.15, 0.2) is 0 Å². The summed E-state index contributed by atoms with van der Waals surface area (Å²) in [6, 6.07) is 0. The van der Waals surface area contributed by atoms with Gasteiger partial charge in [0.1, 0.15) is 0 Å². The van der Waals surface area contributed by atoms with Crippen molar-refractivity contribution in [2.45, 2.75) is 38.0 Å². The Balaban J connectivity index is 1.54. The maximum absolute atomic E-state index is 2.46. The summed E-state index contributed by atoms with van der Waals surface area (Å²) >= 11 is 5.66. The fourth-order valence-corrected chi connectivity index (χ4v) is 48.5. The van der Waals surface area contributed by atoms with E-state index in [2.05, 4.69) is 72.6 Å². The summed E-state index contributed by atoms with van der Waals surface area (Å²) in [5, 5.41) is 0. The molecule has 8 heteroatoms. The van der Waals surface area contributed by atoms with E-state index in [1.807, 2.05) is 0 Å². The summed E-state index contributed by atoms with van der Waals surface area (Å²) in [6.07, 6.45) is 5.96. The second-order valence-electron chi connectivity index (χ2n) is 4.27. The third kappa shape index (κ3) is 4.89. The topological polar surface area (TPSA) is 0 Å². The van der Waals surface area contributed by atoms with Gasteiger partial charge >= 0.3 is 145 Å². The van der Waals surface area contributed by atoms with Crippen molar-refractivity contribution in [1.82, 2.24) is 0 Å². The molecule has 3 saturated heterocycles. The summed E-state index contributed by atoms with van der Waals surface area (Å²) in [4.78, 5) is 0. The molecular weight excluding hydrogens is 466 g/mol. The number of hydrogen-bond acceptors (Lipinski definition) is 7. The summed E-state index contributed by atoms with van der Waals surface area (Å²) < 4.78 is 3.03. The molecule has 0 aromatic heterocycles. The molecule has 0 nitrogen and oxygen atoms in total. The monoisotopic (exact) mass is 482 g/mol. The van der Waals surface area contributed by atoms with Gasteiger partial charge < -0.3 is 0 Å². The molecule has 3 aliphatic heterocycles. The van der Waals surface area contributed by atoms with E-state index in [1.165, 1.54) is 42.9 Å². The average Bonchev–Trinajstić information content (AvgIpc) is 2.22. The van der Waals surface area contributed by atoms with Crippen LogP contribution in [0.25, 0.3) is 0 Å². The first-order valence-corrected chi connectivity index (χ1v) is 21.4. The minimum absolute atomic E-state index is 0.967. The Morgan fingerprint density at radius 2 is 1.72 bits per heavy atom. The Kier molecular flexibility index (Phi) is 7.88. The molecule has 0 aliphatic carbocycles. The van der Waals surface area contributed by atoms with Gasteiger partial charge in [-0.25, -0.2) is 0 Å². The molecular formula is C10H17S7Sb. The van der Waals surface area contributed by atoms with Crippen LogP contribution >= 0.6 is 72.6 Å². The van der Waals surface area contributed by atoms with Crippen LogP contribution in [-0.2, 0) is 0 Å². The quantitative estimate of drug-likeness (QED) is 0.372. The van der Waals surface area contributed by atoms with E-state index in [4.69, 9.17) is 0 Å². The van der Waals surface area contributed by atoms with Gasteiger partial charge in [0.05, 0.1) is 0 Å². The fraction of sp³-hybridized carbons (Fsp3) is 1.00. The maximum atomic E-state index is 2.46. The third-order valence-corrected chi connectivity index (χ3v) is 40.7. The van der Waals surface area contributed by atoms with Crippen molar-refractivity contribution in [3.63, 3.8) is 0 Å². The third-order valence-electron chi connectivity index (χ3n) is 2.91. The number of thioether (sulfide) groups is 3. The Morgan fingerprint density at radius 1 is 0.944 bits per heavy atom. The first-order chi connectivity index (χ1) is 8.92. The van der Waals surface area contributed by atoms with Gasteiger partial charge in [-0.15, -0.1) is 0 Å². The molecule has 18 heavy (non-hydrogen) atoms. The minimum atomic E-state index is -1.15. The van der Waals surface area contributed by atoms with Crippen LogP contribution in [0.4, 0.5) is 0 Å². The van der Waals surface area contributed by atoms with Crippen LogP contribution in [-0.4, -0.2) is 47.0 Å². The van der Waals surface area contributed by atoms with Crippen molar-refractivity contribution < 1.29 is 0 Å². The fourth-order valence-electron chi connectivity index (χ4n) is 1.67. The second-order valence-corrected chi connectivity index (χ2v) is 30.3. The van der Waals surface area contributed by atoms with Crippen molar-refractivity contribution in [3.8, 4) is 0 Å². The number of hydrogen-bond donors (Lipinski definition) is 0. The van der Waals surface area contributed by atoms with E-state index < -0.39 is 17.4 Å². The first-order valence-electron chi connectivity index (χ1n) is 6.23. The van der Waals surface area contributed by atoms with Crippen LogP contribution in [0.1, 0.15) is 25.7 Å². The zero-order valence-corrected chi connectivity index (χ0v) is 18.3. The normalized spacial score (nSPS) is 38.3. The average molecular weight is 483 g/mol. The van der Waals surface area contributed by atoms with Crippen LogP contribution in [0.3, 0.4) is 0 Å². The summed E-state index contributed by atoms with van der Waals surface area (Å²) in [7, 11) is 9.05. The molecule has 3 aliphatic rings. The molecule has 0 aromatic rings. The van der Waals surface area contributed by atoms with Gasteiger partial charge in [-0.3, -0.25) is 0 Å². The number of rotatable bonds is 4. The van der Waals surface area contributed by atoms with Crippen molar-refractivity contribution in [1.29, 1.82) is 0 Å². The van der Waals surface area contributed by atoms with E-state index in [1.54, 1.807) is 0 Å². The molecule has 3 unspecified atom stereocenters. The van der Waals surface area contributed by atoms with Crippen LogP contribution in [0.5, 0.6) is 0 Å². The molecule has 3 fully saturated rings. The summed E-state index contributed by atoms with van der Waals surface area (Å²) in [5.41, 5.74) is 0. The molecule has 0 aromatic carbocycles. The molecule has 3 atom stereocenters. The first kappa shape index (κ1) is 16.1. The van der Waals surface area contributed by atoms with Gasteiger partial charge in [-0.05, 0) is 0 Å². The second kappa shape index (κ2) is 8.78. The van der Waals surface area contributed by atoms with Gasteiger partial charge in [-0.2, -0.15) is 0 Å². The van der Waals surface area contributed by atoms with Crippen molar-refractivity contribution >= 4 is 90.0 Å². The Labute approximate surface area is 143 Å². The van der Waals surface area contributed by atoms with Gasteiger partial charge in [0.25, 0.3) is 0 Å². The van der Waals surface area contributed by atoms with Gasteiger partial charge in [0, 0.05) is 0 Å². The molecule has 0 radical (unpaired) electrons. The molecule has 3 rings (SSSR count). The zero-order chi connectivity index (χ0) is 12.2. The van der Waals surface area contributed by atoms with Gasteiger partial charge in [0.15, 0.2) is 0 Å². The van der Waals surface area contributed by atoms with E-state index >= 15 is 0 Å². The van der Waals surface area contributed by atoms with Gasteiger partial charge in [-0.1, -0.05) is 0 Å². The molecule has 3 heterocycles. The Morgan fingerprint density at radius 3 is 2.39 bits per heavy atom. The van der Waals surface area contributed by atoms with Gasteiger partial charge in [0.2, 0.25) is 0 Å². The SMILES string of the molecule is C1CSS[S][Sb]([S]C2CCS2)[CH](SC2CCS2)C1. The Bertz CT molecular complexity index is 233. The standard InChI is InChI=1S/C7H13S5.C3H6S2.Sb/c8-12-11-5-2-1-4-9-7-3-6-10-7;4-3-1-2-5-3;/h4,7-8H,1-3,5-6H2;3-4H,1-2H2;/q;;+2/p-2. The molecule has 0 spiro atoms. The van der Waals surface area contributed by atoms with Crippen molar-refractivity contribution in [2.24, 2.45) is 0 Å².